The molecule has 4 rings (SSSR count). The van der Waals surface area contributed by atoms with Crippen LogP contribution in [0.1, 0.15) is 11.3 Å². The number of benzene rings is 1. The molecule has 120 valence electrons. The summed E-state index contributed by atoms with van der Waals surface area (Å²) in [5, 5.41) is 3.50. The van der Waals surface area contributed by atoms with Gasteiger partial charge in [-0.05, 0) is 23.3 Å². The fraction of sp³-hybridized carbons (Fsp3) is 0.412. The highest BCUT2D eigenvalue weighted by molar-refractivity contribution is 9.10. The van der Waals surface area contributed by atoms with Crippen molar-refractivity contribution in [3.8, 4) is 11.1 Å². The Labute approximate surface area is 144 Å². The first-order valence-corrected chi connectivity index (χ1v) is 8.77. The highest BCUT2D eigenvalue weighted by atomic mass is 79.9. The van der Waals surface area contributed by atoms with Crippen molar-refractivity contribution < 1.29 is 4.74 Å². The van der Waals surface area contributed by atoms with E-state index >= 15 is 0 Å². The molecule has 1 aliphatic heterocycles. The van der Waals surface area contributed by atoms with Crippen LogP contribution in [0.2, 0.25) is 0 Å². The minimum Gasteiger partial charge on any atom is -0.379 e. The van der Waals surface area contributed by atoms with Crippen LogP contribution in [0.3, 0.4) is 0 Å². The van der Waals surface area contributed by atoms with Crippen LogP contribution in [-0.4, -0.2) is 54.3 Å². The Hall–Kier alpha value is -1.50. The lowest BCUT2D eigenvalue weighted by molar-refractivity contribution is 0.0398. The summed E-state index contributed by atoms with van der Waals surface area (Å²) >= 11 is 3.57. The molecule has 0 amide bonds. The lowest BCUT2D eigenvalue weighted by Crippen LogP contribution is -2.39. The monoisotopic (exact) mass is 374 g/mol. The van der Waals surface area contributed by atoms with Crippen molar-refractivity contribution in [1.29, 1.82) is 0 Å². The van der Waals surface area contributed by atoms with E-state index < -0.39 is 0 Å². The van der Waals surface area contributed by atoms with Gasteiger partial charge in [-0.15, -0.1) is 0 Å². The van der Waals surface area contributed by atoms with Gasteiger partial charge < -0.3 is 10.1 Å². The summed E-state index contributed by atoms with van der Waals surface area (Å²) in [6.07, 6.45) is 2.55. The van der Waals surface area contributed by atoms with E-state index in [1.807, 2.05) is 0 Å². The Bertz CT molecular complexity index is 716. The fourth-order valence-electron chi connectivity index (χ4n) is 3.25. The van der Waals surface area contributed by atoms with E-state index in [0.29, 0.717) is 0 Å². The molecule has 6 heteroatoms. The number of morpholine rings is 1. The molecule has 2 heterocycles. The van der Waals surface area contributed by atoms with E-state index in [1.165, 1.54) is 11.1 Å². The second-order valence-electron chi connectivity index (χ2n) is 5.90. The van der Waals surface area contributed by atoms with Crippen LogP contribution >= 0.6 is 15.9 Å². The van der Waals surface area contributed by atoms with Crippen LogP contribution in [0, 0.1) is 0 Å². The van der Waals surface area contributed by atoms with E-state index in [4.69, 9.17) is 4.74 Å². The molecule has 0 bridgehead atoms. The first-order valence-electron chi connectivity index (χ1n) is 7.98. The number of nitrogens with one attached hydrogen (secondary N) is 1. The van der Waals surface area contributed by atoms with E-state index in [-0.39, 0.29) is 0 Å². The van der Waals surface area contributed by atoms with Crippen LogP contribution in [0.25, 0.3) is 11.1 Å². The van der Waals surface area contributed by atoms with E-state index in [2.05, 4.69) is 54.3 Å². The lowest BCUT2D eigenvalue weighted by Gasteiger charge is -2.26. The molecule has 1 N–H and O–H groups in total. The molecular formula is C17H19BrN4O. The van der Waals surface area contributed by atoms with Crippen molar-refractivity contribution in [2.24, 2.45) is 0 Å². The van der Waals surface area contributed by atoms with Gasteiger partial charge in [-0.25, -0.2) is 9.97 Å². The normalized spacial score (nSPS) is 16.9. The molecule has 1 aromatic carbocycles. The van der Waals surface area contributed by atoms with Crippen molar-refractivity contribution in [3.05, 3.63) is 40.3 Å². The Kier molecular flexibility index (Phi) is 4.29. The molecule has 5 nitrogen and oxygen atoms in total. The molecule has 2 aromatic rings. The molecule has 0 saturated carbocycles. The third kappa shape index (κ3) is 3.11. The fourth-order valence-corrected chi connectivity index (χ4v) is 3.61. The summed E-state index contributed by atoms with van der Waals surface area (Å²) in [6.45, 7) is 5.59. The maximum Gasteiger partial charge on any atom is 0.137 e. The quantitative estimate of drug-likeness (QED) is 0.760. The van der Waals surface area contributed by atoms with Gasteiger partial charge in [0, 0.05) is 42.6 Å². The molecule has 1 aromatic heterocycles. The summed E-state index contributed by atoms with van der Waals surface area (Å²) in [4.78, 5) is 11.4. The number of nitrogens with zero attached hydrogens (tertiary/aromatic N) is 3. The van der Waals surface area contributed by atoms with Gasteiger partial charge in [0.15, 0.2) is 0 Å². The van der Waals surface area contributed by atoms with Crippen LogP contribution in [0.15, 0.2) is 29.0 Å². The van der Waals surface area contributed by atoms with Gasteiger partial charge in [0.05, 0.1) is 18.9 Å². The Morgan fingerprint density at radius 1 is 1.22 bits per heavy atom. The summed E-state index contributed by atoms with van der Waals surface area (Å²) < 4.78 is 6.48. The van der Waals surface area contributed by atoms with Gasteiger partial charge in [-0.2, -0.15) is 0 Å². The molecule has 23 heavy (non-hydrogen) atoms. The second kappa shape index (κ2) is 6.55. The lowest BCUT2D eigenvalue weighted by atomic mass is 10.1. The SMILES string of the molecule is Brc1ccc2c(c1)-c1c(ncnc1NCCN1CCOCC1)C2. The Morgan fingerprint density at radius 2 is 2.09 bits per heavy atom. The molecule has 0 spiro atoms. The largest absolute Gasteiger partial charge is 0.379 e. The predicted molar refractivity (Wildman–Crippen MR) is 93.7 cm³/mol. The third-order valence-corrected chi connectivity index (χ3v) is 4.94. The maximum atomic E-state index is 5.39. The molecule has 2 aliphatic rings. The van der Waals surface area contributed by atoms with Crippen LogP contribution in [0.4, 0.5) is 5.82 Å². The molecule has 0 unspecified atom stereocenters. The molecule has 1 fully saturated rings. The van der Waals surface area contributed by atoms with Crippen molar-refractivity contribution in [1.82, 2.24) is 14.9 Å². The first kappa shape index (κ1) is 15.1. The summed E-state index contributed by atoms with van der Waals surface area (Å²) in [5.74, 6) is 0.945. The number of rotatable bonds is 4. The van der Waals surface area contributed by atoms with Crippen LogP contribution in [0.5, 0.6) is 0 Å². The van der Waals surface area contributed by atoms with Crippen molar-refractivity contribution in [2.75, 3.05) is 44.7 Å². The van der Waals surface area contributed by atoms with Gasteiger partial charge in [-0.1, -0.05) is 22.0 Å². The number of hydrogen-bond acceptors (Lipinski definition) is 5. The zero-order chi connectivity index (χ0) is 15.6. The van der Waals surface area contributed by atoms with E-state index in [9.17, 15) is 0 Å². The standard InChI is InChI=1S/C17H19BrN4O/c18-13-2-1-12-9-15-16(14(12)10-13)17(21-11-20-15)19-3-4-22-5-7-23-8-6-22/h1-2,10-11H,3-9H2,(H,19,20,21). The molecule has 0 atom stereocenters. The zero-order valence-corrected chi connectivity index (χ0v) is 14.5. The average molecular weight is 375 g/mol. The Balaban J connectivity index is 1.51. The number of aromatic nitrogens is 2. The summed E-state index contributed by atoms with van der Waals surface area (Å²) in [7, 11) is 0. The average Bonchev–Trinajstić information content (AvgIpc) is 2.94. The Morgan fingerprint density at radius 3 is 2.96 bits per heavy atom. The summed E-state index contributed by atoms with van der Waals surface area (Å²) in [5.41, 5.74) is 4.83. The van der Waals surface area contributed by atoms with Crippen molar-refractivity contribution in [2.45, 2.75) is 6.42 Å². The minimum atomic E-state index is 0.838. The highest BCUT2D eigenvalue weighted by Gasteiger charge is 2.23. The topological polar surface area (TPSA) is 50.3 Å². The van der Waals surface area contributed by atoms with E-state index in [0.717, 1.165) is 67.4 Å². The third-order valence-electron chi connectivity index (χ3n) is 4.45. The number of anilines is 1. The van der Waals surface area contributed by atoms with E-state index in [1.54, 1.807) is 6.33 Å². The number of halogens is 1. The molecule has 0 radical (unpaired) electrons. The van der Waals surface area contributed by atoms with Gasteiger partial charge in [0.2, 0.25) is 0 Å². The maximum absolute atomic E-state index is 5.39. The number of ether oxygens (including phenoxy) is 1. The van der Waals surface area contributed by atoms with Crippen LogP contribution in [-0.2, 0) is 11.2 Å². The van der Waals surface area contributed by atoms with Gasteiger partial charge in [0.1, 0.15) is 12.1 Å². The first-order chi connectivity index (χ1) is 11.3. The molecular weight excluding hydrogens is 356 g/mol. The highest BCUT2D eigenvalue weighted by Crippen LogP contribution is 2.40. The van der Waals surface area contributed by atoms with Gasteiger partial charge >= 0.3 is 0 Å². The summed E-state index contributed by atoms with van der Waals surface area (Å²) in [6, 6.07) is 6.42. The smallest absolute Gasteiger partial charge is 0.137 e. The molecule has 1 aliphatic carbocycles. The van der Waals surface area contributed by atoms with Crippen molar-refractivity contribution >= 4 is 21.7 Å². The second-order valence-corrected chi connectivity index (χ2v) is 6.82. The number of hydrogen-bond donors (Lipinski definition) is 1. The minimum absolute atomic E-state index is 0.838. The van der Waals surface area contributed by atoms with Gasteiger partial charge in [-0.3, -0.25) is 4.90 Å². The number of fused-ring (bicyclic) bond motifs is 3. The zero-order valence-electron chi connectivity index (χ0n) is 12.9. The van der Waals surface area contributed by atoms with Crippen LogP contribution < -0.4 is 5.32 Å². The predicted octanol–water partition coefficient (Wildman–Crippen LogP) is 2.55. The van der Waals surface area contributed by atoms with Crippen molar-refractivity contribution in [3.63, 3.8) is 0 Å². The molecule has 1 saturated heterocycles. The van der Waals surface area contributed by atoms with Gasteiger partial charge in [0.25, 0.3) is 0 Å².